The molecule has 3 aromatic rings. The van der Waals surface area contributed by atoms with Crippen molar-refractivity contribution in [2.75, 3.05) is 6.54 Å². The lowest BCUT2D eigenvalue weighted by molar-refractivity contribution is -0.176. The van der Waals surface area contributed by atoms with Crippen LogP contribution in [0.15, 0.2) is 91.0 Å². The standard InChI is InChI=1S/C29H35NO3/c1-2-12-26-28(32-21-24-15-8-4-9-16-24)29(33-22-25-17-10-5-11-18-25)27(19-30-26)31-20-23-13-6-3-7-14-23/h3-11,13-18,26-30H,2,12,19-22H2,1H3/t26-,27-,28-,29-/m0/s1. The summed E-state index contributed by atoms with van der Waals surface area (Å²) in [5.41, 5.74) is 3.49. The van der Waals surface area contributed by atoms with Crippen LogP contribution in [0.1, 0.15) is 36.5 Å². The molecule has 33 heavy (non-hydrogen) atoms. The van der Waals surface area contributed by atoms with Crippen LogP contribution in [0.4, 0.5) is 0 Å². The number of hydrogen-bond acceptors (Lipinski definition) is 4. The molecule has 4 nitrogen and oxygen atoms in total. The molecule has 0 amide bonds. The van der Waals surface area contributed by atoms with Gasteiger partial charge in [0.25, 0.3) is 0 Å². The minimum absolute atomic E-state index is 0.0941. The first-order valence-corrected chi connectivity index (χ1v) is 12.0. The normalized spacial score (nSPS) is 22.8. The third-order valence-electron chi connectivity index (χ3n) is 6.15. The Morgan fingerprint density at radius 1 is 0.636 bits per heavy atom. The van der Waals surface area contributed by atoms with Gasteiger partial charge in [0.15, 0.2) is 0 Å². The Kier molecular flexibility index (Phi) is 9.08. The molecular formula is C29H35NO3. The Balaban J connectivity index is 1.50. The van der Waals surface area contributed by atoms with Crippen molar-refractivity contribution in [1.82, 2.24) is 5.32 Å². The summed E-state index contributed by atoms with van der Waals surface area (Å²) < 4.78 is 19.5. The van der Waals surface area contributed by atoms with Crippen molar-refractivity contribution in [1.29, 1.82) is 0 Å². The summed E-state index contributed by atoms with van der Waals surface area (Å²) in [6.07, 6.45) is 1.78. The van der Waals surface area contributed by atoms with E-state index in [9.17, 15) is 0 Å². The Labute approximate surface area is 197 Å². The largest absolute Gasteiger partial charge is 0.369 e. The topological polar surface area (TPSA) is 39.7 Å². The summed E-state index contributed by atoms with van der Waals surface area (Å²) in [5.74, 6) is 0. The number of benzene rings is 3. The fourth-order valence-corrected chi connectivity index (χ4v) is 4.40. The summed E-state index contributed by atoms with van der Waals surface area (Å²) in [7, 11) is 0. The maximum atomic E-state index is 6.56. The van der Waals surface area contributed by atoms with Crippen LogP contribution in [0.5, 0.6) is 0 Å². The Morgan fingerprint density at radius 3 is 1.58 bits per heavy atom. The van der Waals surface area contributed by atoms with E-state index >= 15 is 0 Å². The first kappa shape index (κ1) is 23.7. The molecule has 174 valence electrons. The van der Waals surface area contributed by atoms with Gasteiger partial charge >= 0.3 is 0 Å². The van der Waals surface area contributed by atoms with Gasteiger partial charge < -0.3 is 19.5 Å². The minimum Gasteiger partial charge on any atom is -0.369 e. The monoisotopic (exact) mass is 445 g/mol. The van der Waals surface area contributed by atoms with Crippen LogP contribution in [0.2, 0.25) is 0 Å². The van der Waals surface area contributed by atoms with Crippen LogP contribution >= 0.6 is 0 Å². The average Bonchev–Trinajstić information content (AvgIpc) is 2.88. The van der Waals surface area contributed by atoms with Gasteiger partial charge in [0.05, 0.1) is 25.9 Å². The van der Waals surface area contributed by atoms with E-state index in [1.807, 2.05) is 42.5 Å². The van der Waals surface area contributed by atoms with Gasteiger partial charge in [-0.2, -0.15) is 0 Å². The Morgan fingerprint density at radius 2 is 1.09 bits per heavy atom. The first-order valence-electron chi connectivity index (χ1n) is 12.0. The van der Waals surface area contributed by atoms with Crippen LogP contribution in [0.25, 0.3) is 0 Å². The second-order valence-electron chi connectivity index (χ2n) is 8.66. The zero-order chi connectivity index (χ0) is 22.7. The third kappa shape index (κ3) is 6.99. The SMILES string of the molecule is CCC[C@@H]1NC[C@H](OCc2ccccc2)[C@H](OCc2ccccc2)[C@H]1OCc1ccccc1. The van der Waals surface area contributed by atoms with E-state index < -0.39 is 0 Å². The van der Waals surface area contributed by atoms with Gasteiger partial charge in [-0.15, -0.1) is 0 Å². The van der Waals surface area contributed by atoms with Gasteiger partial charge in [0, 0.05) is 12.6 Å². The molecule has 4 heteroatoms. The predicted octanol–water partition coefficient (Wildman–Crippen LogP) is 5.51. The summed E-state index contributed by atoms with van der Waals surface area (Å²) in [6, 6.07) is 31.2. The molecule has 0 bridgehead atoms. The van der Waals surface area contributed by atoms with Crippen molar-refractivity contribution in [2.45, 2.75) is 63.9 Å². The van der Waals surface area contributed by atoms with E-state index in [2.05, 4.69) is 60.8 Å². The van der Waals surface area contributed by atoms with Gasteiger partial charge in [0.1, 0.15) is 12.2 Å². The van der Waals surface area contributed by atoms with Crippen molar-refractivity contribution >= 4 is 0 Å². The lowest BCUT2D eigenvalue weighted by Gasteiger charge is -2.43. The average molecular weight is 446 g/mol. The lowest BCUT2D eigenvalue weighted by atomic mass is 9.92. The molecule has 4 rings (SSSR count). The highest BCUT2D eigenvalue weighted by molar-refractivity contribution is 5.15. The zero-order valence-corrected chi connectivity index (χ0v) is 19.4. The maximum Gasteiger partial charge on any atom is 0.113 e. The second kappa shape index (κ2) is 12.7. The van der Waals surface area contributed by atoms with Crippen molar-refractivity contribution < 1.29 is 14.2 Å². The molecule has 0 spiro atoms. The third-order valence-corrected chi connectivity index (χ3v) is 6.15. The van der Waals surface area contributed by atoms with Gasteiger partial charge in [-0.25, -0.2) is 0 Å². The van der Waals surface area contributed by atoms with Crippen molar-refractivity contribution in [3.8, 4) is 0 Å². The Bertz CT molecular complexity index is 919. The number of ether oxygens (including phenoxy) is 3. The van der Waals surface area contributed by atoms with Gasteiger partial charge in [0.2, 0.25) is 0 Å². The number of rotatable bonds is 11. The molecule has 1 heterocycles. The van der Waals surface area contributed by atoms with Crippen molar-refractivity contribution in [3.05, 3.63) is 108 Å². The van der Waals surface area contributed by atoms with Crippen LogP contribution < -0.4 is 5.32 Å². The molecule has 0 radical (unpaired) electrons. The fourth-order valence-electron chi connectivity index (χ4n) is 4.40. The van der Waals surface area contributed by atoms with E-state index in [-0.39, 0.29) is 24.4 Å². The first-order chi connectivity index (χ1) is 16.3. The van der Waals surface area contributed by atoms with Crippen molar-refractivity contribution in [2.24, 2.45) is 0 Å². The molecule has 4 atom stereocenters. The number of hydrogen-bond donors (Lipinski definition) is 1. The van der Waals surface area contributed by atoms with Gasteiger partial charge in [-0.1, -0.05) is 104 Å². The molecule has 1 saturated heterocycles. The molecule has 1 aliphatic rings. The van der Waals surface area contributed by atoms with E-state index in [0.29, 0.717) is 19.8 Å². The van der Waals surface area contributed by atoms with Crippen LogP contribution in [0.3, 0.4) is 0 Å². The highest BCUT2D eigenvalue weighted by Gasteiger charge is 2.41. The van der Waals surface area contributed by atoms with Crippen LogP contribution in [-0.2, 0) is 34.0 Å². The smallest absolute Gasteiger partial charge is 0.113 e. The number of nitrogens with one attached hydrogen (secondary N) is 1. The van der Waals surface area contributed by atoms with E-state index in [0.717, 1.165) is 30.5 Å². The zero-order valence-electron chi connectivity index (χ0n) is 19.4. The number of piperidine rings is 1. The molecule has 0 aliphatic carbocycles. The molecule has 0 saturated carbocycles. The van der Waals surface area contributed by atoms with E-state index in [1.165, 1.54) is 5.56 Å². The minimum atomic E-state index is -0.157. The van der Waals surface area contributed by atoms with Crippen molar-refractivity contribution in [3.63, 3.8) is 0 Å². The van der Waals surface area contributed by atoms with Gasteiger partial charge in [-0.3, -0.25) is 0 Å². The molecule has 0 unspecified atom stereocenters. The molecule has 1 N–H and O–H groups in total. The quantitative estimate of drug-likeness (QED) is 0.422. The predicted molar refractivity (Wildman–Crippen MR) is 132 cm³/mol. The summed E-state index contributed by atoms with van der Waals surface area (Å²) in [6.45, 7) is 4.63. The van der Waals surface area contributed by atoms with Gasteiger partial charge in [-0.05, 0) is 23.1 Å². The molecule has 0 aromatic heterocycles. The second-order valence-corrected chi connectivity index (χ2v) is 8.66. The van der Waals surface area contributed by atoms with E-state index in [4.69, 9.17) is 14.2 Å². The summed E-state index contributed by atoms with van der Waals surface area (Å²) >= 11 is 0. The Hall–Kier alpha value is -2.50. The summed E-state index contributed by atoms with van der Waals surface area (Å²) in [5, 5.41) is 3.69. The molecule has 1 aliphatic heterocycles. The fraction of sp³-hybridized carbons (Fsp3) is 0.379. The highest BCUT2D eigenvalue weighted by atomic mass is 16.6. The lowest BCUT2D eigenvalue weighted by Crippen LogP contribution is -2.61. The molecular weight excluding hydrogens is 410 g/mol. The summed E-state index contributed by atoms with van der Waals surface area (Å²) in [4.78, 5) is 0. The molecule has 1 fully saturated rings. The van der Waals surface area contributed by atoms with Crippen LogP contribution in [-0.4, -0.2) is 30.9 Å². The maximum absolute atomic E-state index is 6.56. The highest BCUT2D eigenvalue weighted by Crippen LogP contribution is 2.25. The van der Waals surface area contributed by atoms with Crippen LogP contribution in [0, 0.1) is 0 Å². The van der Waals surface area contributed by atoms with E-state index in [1.54, 1.807) is 0 Å². The molecule has 3 aromatic carbocycles.